The predicted molar refractivity (Wildman–Crippen MR) is 131 cm³/mol. The van der Waals surface area contributed by atoms with Crippen LogP contribution in [-0.2, 0) is 21.1 Å². The maximum absolute atomic E-state index is 13.4. The minimum absolute atomic E-state index is 0.0202. The molecule has 2 aromatic heterocycles. The van der Waals surface area contributed by atoms with Crippen molar-refractivity contribution in [3.63, 3.8) is 0 Å². The summed E-state index contributed by atoms with van der Waals surface area (Å²) in [6, 6.07) is 12.0. The van der Waals surface area contributed by atoms with Crippen molar-refractivity contribution in [1.82, 2.24) is 14.7 Å². The molecule has 0 bridgehead atoms. The molecule has 1 aliphatic rings. The molecular formula is C25H24N4O5S. The van der Waals surface area contributed by atoms with E-state index in [-0.39, 0.29) is 34.9 Å². The lowest BCUT2D eigenvalue weighted by Gasteiger charge is -2.13. The van der Waals surface area contributed by atoms with Crippen LogP contribution in [0.15, 0.2) is 53.0 Å². The van der Waals surface area contributed by atoms with Crippen LogP contribution in [0.3, 0.4) is 0 Å². The number of carbonyl (C=O) groups is 1. The van der Waals surface area contributed by atoms with Crippen LogP contribution in [0.4, 0.5) is 0 Å². The average molecular weight is 493 g/mol. The highest BCUT2D eigenvalue weighted by molar-refractivity contribution is 7.91. The number of sulfone groups is 1. The van der Waals surface area contributed by atoms with Crippen molar-refractivity contribution in [2.24, 2.45) is 0 Å². The van der Waals surface area contributed by atoms with Crippen LogP contribution in [-0.4, -0.2) is 41.3 Å². The molecule has 0 saturated carbocycles. The highest BCUT2D eigenvalue weighted by Gasteiger charge is 2.30. The second-order valence-electron chi connectivity index (χ2n) is 8.36. The van der Waals surface area contributed by atoms with Gasteiger partial charge in [-0.05, 0) is 55.2 Å². The standard InChI is InChI=1S/C25H24N4O5S/c1-3-17-6-8-20(9-7-17)34-24-21(25(31)29-11-4-5-16(2)22(29)28-24)13-18(14-26)23(30)27-19-10-12-35(32,33)15-19/h4-9,11,13,19H,3,10,12,15H2,1-2H3,(H,27,30). The largest absolute Gasteiger partial charge is 0.438 e. The van der Waals surface area contributed by atoms with Crippen molar-refractivity contribution in [1.29, 1.82) is 5.26 Å². The predicted octanol–water partition coefficient (Wildman–Crippen LogP) is 2.57. The van der Waals surface area contributed by atoms with Gasteiger partial charge in [0.05, 0.1) is 11.5 Å². The normalized spacial score (nSPS) is 17.2. The van der Waals surface area contributed by atoms with E-state index in [1.54, 1.807) is 43.5 Å². The van der Waals surface area contributed by atoms with E-state index in [1.807, 2.05) is 19.1 Å². The van der Waals surface area contributed by atoms with Gasteiger partial charge < -0.3 is 10.1 Å². The third kappa shape index (κ3) is 5.25. The number of amides is 1. The van der Waals surface area contributed by atoms with Crippen molar-refractivity contribution in [3.8, 4) is 17.7 Å². The number of pyridine rings is 1. The molecule has 1 aliphatic heterocycles. The maximum atomic E-state index is 13.4. The minimum Gasteiger partial charge on any atom is -0.438 e. The highest BCUT2D eigenvalue weighted by atomic mass is 32.2. The lowest BCUT2D eigenvalue weighted by atomic mass is 10.1. The number of hydrogen-bond acceptors (Lipinski definition) is 7. The van der Waals surface area contributed by atoms with Crippen LogP contribution >= 0.6 is 0 Å². The summed E-state index contributed by atoms with van der Waals surface area (Å²) in [6.07, 6.45) is 3.81. The molecule has 1 fully saturated rings. The molecule has 3 aromatic rings. The third-order valence-corrected chi connectivity index (χ3v) is 7.58. The first-order valence-corrected chi connectivity index (χ1v) is 12.9. The molecule has 4 rings (SSSR count). The molecule has 180 valence electrons. The maximum Gasteiger partial charge on any atom is 0.269 e. The zero-order valence-corrected chi connectivity index (χ0v) is 20.1. The Bertz CT molecular complexity index is 1530. The first-order chi connectivity index (χ1) is 16.7. The number of rotatable bonds is 6. The molecule has 0 radical (unpaired) electrons. The van der Waals surface area contributed by atoms with Crippen LogP contribution < -0.4 is 15.6 Å². The van der Waals surface area contributed by atoms with E-state index in [0.29, 0.717) is 11.4 Å². The van der Waals surface area contributed by atoms with Gasteiger partial charge in [0.1, 0.15) is 28.6 Å². The Hall–Kier alpha value is -3.97. The molecule has 1 aromatic carbocycles. The molecule has 1 unspecified atom stereocenters. The average Bonchev–Trinajstić information content (AvgIpc) is 3.18. The van der Waals surface area contributed by atoms with Crippen LogP contribution in [0.25, 0.3) is 11.7 Å². The number of ether oxygens (including phenoxy) is 1. The fraction of sp³-hybridized carbons (Fsp3) is 0.280. The summed E-state index contributed by atoms with van der Waals surface area (Å²) in [5, 5.41) is 12.2. The molecule has 0 aliphatic carbocycles. The monoisotopic (exact) mass is 492 g/mol. The van der Waals surface area contributed by atoms with Gasteiger partial charge in [-0.15, -0.1) is 0 Å². The number of hydrogen-bond donors (Lipinski definition) is 1. The minimum atomic E-state index is -3.21. The number of benzene rings is 1. The van der Waals surface area contributed by atoms with Gasteiger partial charge in [0.2, 0.25) is 5.88 Å². The number of aryl methyl sites for hydroxylation is 2. The van der Waals surface area contributed by atoms with E-state index >= 15 is 0 Å². The number of nitrogens with zero attached hydrogens (tertiary/aromatic N) is 3. The summed E-state index contributed by atoms with van der Waals surface area (Å²) < 4.78 is 30.7. The number of nitrogens with one attached hydrogen (secondary N) is 1. The van der Waals surface area contributed by atoms with E-state index in [1.165, 1.54) is 4.40 Å². The van der Waals surface area contributed by atoms with Gasteiger partial charge in [-0.2, -0.15) is 10.2 Å². The third-order valence-electron chi connectivity index (χ3n) is 5.82. The number of fused-ring (bicyclic) bond motifs is 1. The number of nitriles is 1. The Balaban J connectivity index is 1.77. The van der Waals surface area contributed by atoms with E-state index in [4.69, 9.17) is 4.74 Å². The smallest absolute Gasteiger partial charge is 0.269 e. The molecule has 0 spiro atoms. The Morgan fingerprint density at radius 3 is 2.69 bits per heavy atom. The summed E-state index contributed by atoms with van der Waals surface area (Å²) in [4.78, 5) is 30.6. The van der Waals surface area contributed by atoms with Gasteiger partial charge in [-0.1, -0.05) is 25.1 Å². The van der Waals surface area contributed by atoms with Crippen molar-refractivity contribution in [3.05, 3.63) is 75.2 Å². The van der Waals surface area contributed by atoms with E-state index < -0.39 is 27.3 Å². The molecule has 1 atom stereocenters. The zero-order chi connectivity index (χ0) is 25.2. The lowest BCUT2D eigenvalue weighted by Crippen LogP contribution is -2.36. The molecule has 35 heavy (non-hydrogen) atoms. The molecule has 9 nitrogen and oxygen atoms in total. The Morgan fingerprint density at radius 2 is 2.06 bits per heavy atom. The lowest BCUT2D eigenvalue weighted by molar-refractivity contribution is -0.117. The van der Waals surface area contributed by atoms with Crippen molar-refractivity contribution in [2.75, 3.05) is 11.5 Å². The Kier molecular flexibility index (Phi) is 6.71. The van der Waals surface area contributed by atoms with Gasteiger partial charge in [0.15, 0.2) is 9.84 Å². The SMILES string of the molecule is CCc1ccc(Oc2nc3c(C)cccn3c(=O)c2C=C(C#N)C(=O)NC2CCS(=O)(=O)C2)cc1. The fourth-order valence-electron chi connectivity index (χ4n) is 3.86. The first kappa shape index (κ1) is 24.2. The molecule has 10 heteroatoms. The molecule has 1 saturated heterocycles. The Morgan fingerprint density at radius 1 is 1.31 bits per heavy atom. The molecule has 1 N–H and O–H groups in total. The fourth-order valence-corrected chi connectivity index (χ4v) is 5.54. The molecule has 1 amide bonds. The quantitative estimate of drug-likeness (QED) is 0.413. The summed E-state index contributed by atoms with van der Waals surface area (Å²) >= 11 is 0. The summed E-state index contributed by atoms with van der Waals surface area (Å²) in [5.74, 6) is -0.563. The van der Waals surface area contributed by atoms with Crippen molar-refractivity contribution < 1.29 is 17.9 Å². The highest BCUT2D eigenvalue weighted by Crippen LogP contribution is 2.25. The van der Waals surface area contributed by atoms with Gasteiger partial charge in [-0.3, -0.25) is 14.0 Å². The summed E-state index contributed by atoms with van der Waals surface area (Å²) in [5.41, 5.74) is 1.30. The number of aromatic nitrogens is 2. The summed E-state index contributed by atoms with van der Waals surface area (Å²) in [7, 11) is -3.21. The van der Waals surface area contributed by atoms with Gasteiger partial charge >= 0.3 is 0 Å². The van der Waals surface area contributed by atoms with Crippen LogP contribution in [0.2, 0.25) is 0 Å². The van der Waals surface area contributed by atoms with Crippen molar-refractivity contribution in [2.45, 2.75) is 32.7 Å². The Labute approximate surface area is 202 Å². The second kappa shape index (κ2) is 9.72. The topological polar surface area (TPSA) is 131 Å². The van der Waals surface area contributed by atoms with Crippen LogP contribution in [0, 0.1) is 18.3 Å². The van der Waals surface area contributed by atoms with Gasteiger partial charge in [0, 0.05) is 12.2 Å². The van der Waals surface area contributed by atoms with E-state index in [0.717, 1.165) is 23.6 Å². The van der Waals surface area contributed by atoms with E-state index in [9.17, 15) is 23.3 Å². The van der Waals surface area contributed by atoms with Crippen LogP contribution in [0.1, 0.15) is 30.0 Å². The van der Waals surface area contributed by atoms with Crippen molar-refractivity contribution >= 4 is 27.5 Å². The van der Waals surface area contributed by atoms with Gasteiger partial charge in [-0.25, -0.2) is 8.42 Å². The summed E-state index contributed by atoms with van der Waals surface area (Å²) in [6.45, 7) is 3.84. The second-order valence-corrected chi connectivity index (χ2v) is 10.6. The first-order valence-electron chi connectivity index (χ1n) is 11.1. The van der Waals surface area contributed by atoms with Gasteiger partial charge in [0.25, 0.3) is 11.5 Å². The van der Waals surface area contributed by atoms with E-state index in [2.05, 4.69) is 10.3 Å². The molecule has 3 heterocycles. The number of carbonyl (C=O) groups excluding carboxylic acids is 1. The molecular weight excluding hydrogens is 468 g/mol. The van der Waals surface area contributed by atoms with Crippen LogP contribution in [0.5, 0.6) is 11.6 Å². The zero-order valence-electron chi connectivity index (χ0n) is 19.3.